The summed E-state index contributed by atoms with van der Waals surface area (Å²) in [6.07, 6.45) is 0. The van der Waals surface area contributed by atoms with Crippen LogP contribution in [-0.2, 0) is 0 Å². The molecule has 29 heavy (non-hydrogen) atoms. The van der Waals surface area contributed by atoms with Gasteiger partial charge in [0, 0.05) is 20.9 Å². The number of rotatable bonds is 6. The van der Waals surface area contributed by atoms with Crippen LogP contribution in [0.15, 0.2) is 119 Å². The summed E-state index contributed by atoms with van der Waals surface area (Å²) in [4.78, 5) is 2.25. The summed E-state index contributed by atoms with van der Waals surface area (Å²) in [5, 5.41) is 16.7. The van der Waals surface area contributed by atoms with Gasteiger partial charge >= 0.3 is 0 Å². The van der Waals surface area contributed by atoms with Crippen LogP contribution in [0.2, 0.25) is 0 Å². The van der Waals surface area contributed by atoms with E-state index in [1.807, 2.05) is 84.9 Å². The summed E-state index contributed by atoms with van der Waals surface area (Å²) in [5.41, 5.74) is 4.73. The maximum Gasteiger partial charge on any atom is 0.0684 e. The van der Waals surface area contributed by atoms with E-state index in [4.69, 9.17) is 10.8 Å². The summed E-state index contributed by atoms with van der Waals surface area (Å²) in [6, 6.07) is 35.8. The lowest BCUT2D eigenvalue weighted by Crippen LogP contribution is -2.00. The molecule has 0 amide bonds. The summed E-state index contributed by atoms with van der Waals surface area (Å²) in [7, 11) is 0. The minimum Gasteiger partial charge on any atom is -0.300 e. The van der Waals surface area contributed by atoms with Gasteiger partial charge in [0.15, 0.2) is 0 Å². The lowest BCUT2D eigenvalue weighted by atomic mass is 10.0. The van der Waals surface area contributed by atoms with Crippen LogP contribution in [0.5, 0.6) is 0 Å². The van der Waals surface area contributed by atoms with Gasteiger partial charge in [-0.1, -0.05) is 96.7 Å². The van der Waals surface area contributed by atoms with Gasteiger partial charge in [0.2, 0.25) is 0 Å². The highest BCUT2D eigenvalue weighted by atomic mass is 32.2. The maximum atomic E-state index is 8.37. The first-order valence-electron chi connectivity index (χ1n) is 9.37. The van der Waals surface area contributed by atoms with E-state index in [1.54, 1.807) is 11.8 Å². The van der Waals surface area contributed by atoms with E-state index in [9.17, 15) is 0 Å². The second-order valence-electron chi connectivity index (χ2n) is 6.63. The molecule has 0 aromatic heterocycles. The van der Waals surface area contributed by atoms with Crippen molar-refractivity contribution in [3.8, 4) is 0 Å². The Hall–Kier alpha value is -3.43. The Morgan fingerprint density at radius 3 is 1.07 bits per heavy atom. The summed E-state index contributed by atoms with van der Waals surface area (Å²) < 4.78 is 0. The first-order chi connectivity index (χ1) is 14.2. The topological polar surface area (TPSA) is 47.7 Å². The molecular weight excluding hydrogens is 372 g/mol. The van der Waals surface area contributed by atoms with Gasteiger partial charge in [-0.3, -0.25) is 10.8 Å². The fourth-order valence-electron chi connectivity index (χ4n) is 3.06. The van der Waals surface area contributed by atoms with Crippen LogP contribution in [0.3, 0.4) is 0 Å². The molecule has 0 bridgehead atoms. The zero-order valence-corrected chi connectivity index (χ0v) is 16.6. The van der Waals surface area contributed by atoms with E-state index in [0.29, 0.717) is 11.4 Å². The SMILES string of the molecule is N=C(c1ccccc1)c1ccc(Sc2ccc(C(=N)c3ccccc3)cc2)cc1. The third-order valence-corrected chi connectivity index (χ3v) is 5.66. The molecule has 3 heteroatoms. The third-order valence-electron chi connectivity index (χ3n) is 4.65. The van der Waals surface area contributed by atoms with Crippen molar-refractivity contribution in [2.75, 3.05) is 0 Å². The molecule has 2 nitrogen and oxygen atoms in total. The van der Waals surface area contributed by atoms with E-state index in [0.717, 1.165) is 32.0 Å². The number of nitrogens with one attached hydrogen (secondary N) is 2. The Morgan fingerprint density at radius 1 is 0.414 bits per heavy atom. The van der Waals surface area contributed by atoms with Crippen LogP contribution in [0.1, 0.15) is 22.3 Å². The van der Waals surface area contributed by atoms with Crippen LogP contribution >= 0.6 is 11.8 Å². The predicted molar refractivity (Wildman–Crippen MR) is 122 cm³/mol. The molecule has 2 N–H and O–H groups in total. The summed E-state index contributed by atoms with van der Waals surface area (Å²) in [5.74, 6) is 0. The predicted octanol–water partition coefficient (Wildman–Crippen LogP) is 6.67. The van der Waals surface area contributed by atoms with Crippen molar-refractivity contribution in [3.05, 3.63) is 131 Å². The molecule has 4 rings (SSSR count). The minimum absolute atomic E-state index is 0.533. The molecule has 0 aliphatic rings. The van der Waals surface area contributed by atoms with Gasteiger partial charge in [0.1, 0.15) is 0 Å². The number of benzene rings is 4. The molecule has 0 aliphatic carbocycles. The highest BCUT2D eigenvalue weighted by Crippen LogP contribution is 2.28. The van der Waals surface area contributed by atoms with Gasteiger partial charge in [-0.15, -0.1) is 0 Å². The number of hydrogen-bond donors (Lipinski definition) is 2. The molecule has 0 atom stereocenters. The molecule has 0 heterocycles. The standard InChI is InChI=1S/C26H20N2S/c27-25(19-7-3-1-4-8-19)21-11-15-23(16-12-21)29-24-17-13-22(14-18-24)26(28)20-9-5-2-6-10-20/h1-18,27-28H. The average molecular weight is 393 g/mol. The fraction of sp³-hybridized carbons (Fsp3) is 0. The quantitative estimate of drug-likeness (QED) is 0.354. The third kappa shape index (κ3) is 4.53. The molecule has 0 saturated carbocycles. The van der Waals surface area contributed by atoms with E-state index >= 15 is 0 Å². The second kappa shape index (κ2) is 8.72. The van der Waals surface area contributed by atoms with Crippen molar-refractivity contribution < 1.29 is 0 Å². The molecule has 4 aromatic rings. The molecule has 0 aliphatic heterocycles. The van der Waals surface area contributed by atoms with Gasteiger partial charge in [0.25, 0.3) is 0 Å². The van der Waals surface area contributed by atoms with Crippen molar-refractivity contribution in [1.29, 1.82) is 10.8 Å². The number of hydrogen-bond acceptors (Lipinski definition) is 3. The van der Waals surface area contributed by atoms with E-state index in [2.05, 4.69) is 24.3 Å². The Morgan fingerprint density at radius 2 is 0.724 bits per heavy atom. The largest absolute Gasteiger partial charge is 0.300 e. The monoisotopic (exact) mass is 392 g/mol. The Bertz CT molecular complexity index is 1020. The zero-order chi connectivity index (χ0) is 20.1. The van der Waals surface area contributed by atoms with Gasteiger partial charge in [0.05, 0.1) is 11.4 Å². The smallest absolute Gasteiger partial charge is 0.0684 e. The molecule has 140 valence electrons. The summed E-state index contributed by atoms with van der Waals surface area (Å²) in [6.45, 7) is 0. The van der Waals surface area contributed by atoms with Crippen molar-refractivity contribution in [2.45, 2.75) is 9.79 Å². The van der Waals surface area contributed by atoms with Gasteiger partial charge in [-0.2, -0.15) is 0 Å². The highest BCUT2D eigenvalue weighted by molar-refractivity contribution is 7.99. The lowest BCUT2D eigenvalue weighted by molar-refractivity contribution is 1.37. The van der Waals surface area contributed by atoms with Gasteiger partial charge < -0.3 is 0 Å². The molecule has 0 fully saturated rings. The van der Waals surface area contributed by atoms with Crippen molar-refractivity contribution in [3.63, 3.8) is 0 Å². The van der Waals surface area contributed by atoms with Crippen LogP contribution in [0.25, 0.3) is 0 Å². The van der Waals surface area contributed by atoms with E-state index in [-0.39, 0.29) is 0 Å². The first kappa shape index (κ1) is 18.9. The van der Waals surface area contributed by atoms with E-state index in [1.165, 1.54) is 0 Å². The van der Waals surface area contributed by atoms with Crippen molar-refractivity contribution in [2.24, 2.45) is 0 Å². The fourth-order valence-corrected chi connectivity index (χ4v) is 3.87. The average Bonchev–Trinajstić information content (AvgIpc) is 2.80. The van der Waals surface area contributed by atoms with Crippen molar-refractivity contribution in [1.82, 2.24) is 0 Å². The second-order valence-corrected chi connectivity index (χ2v) is 7.78. The molecule has 0 unspecified atom stereocenters. The van der Waals surface area contributed by atoms with Crippen molar-refractivity contribution >= 4 is 23.2 Å². The van der Waals surface area contributed by atoms with E-state index < -0.39 is 0 Å². The first-order valence-corrected chi connectivity index (χ1v) is 10.2. The Balaban J connectivity index is 1.44. The molecular formula is C26H20N2S. The van der Waals surface area contributed by atoms with Crippen LogP contribution in [-0.4, -0.2) is 11.4 Å². The summed E-state index contributed by atoms with van der Waals surface area (Å²) >= 11 is 1.68. The maximum absolute atomic E-state index is 8.37. The minimum atomic E-state index is 0.533. The van der Waals surface area contributed by atoms with Crippen LogP contribution < -0.4 is 0 Å². The molecule has 0 saturated heterocycles. The Kier molecular flexibility index (Phi) is 5.68. The molecule has 0 spiro atoms. The zero-order valence-electron chi connectivity index (χ0n) is 15.8. The van der Waals surface area contributed by atoms with Gasteiger partial charge in [-0.25, -0.2) is 0 Å². The Labute approximate surface area is 175 Å². The molecule has 0 radical (unpaired) electrons. The highest BCUT2D eigenvalue weighted by Gasteiger charge is 2.07. The lowest BCUT2D eigenvalue weighted by Gasteiger charge is -2.08. The molecule has 4 aromatic carbocycles. The van der Waals surface area contributed by atoms with Gasteiger partial charge in [-0.05, 0) is 35.4 Å². The van der Waals surface area contributed by atoms with Crippen LogP contribution in [0.4, 0.5) is 0 Å². The normalized spacial score (nSPS) is 10.5. The van der Waals surface area contributed by atoms with Crippen LogP contribution in [0, 0.1) is 10.8 Å².